The summed E-state index contributed by atoms with van der Waals surface area (Å²) in [6, 6.07) is 1.52. The molecule has 0 spiro atoms. The highest BCUT2D eigenvalue weighted by molar-refractivity contribution is 4.77. The van der Waals surface area contributed by atoms with E-state index in [4.69, 9.17) is 0 Å². The second-order valence-electron chi connectivity index (χ2n) is 6.04. The van der Waals surface area contributed by atoms with Gasteiger partial charge in [-0.05, 0) is 71.5 Å². The van der Waals surface area contributed by atoms with Crippen LogP contribution in [0.2, 0.25) is 0 Å². The average Bonchev–Trinajstić information content (AvgIpc) is 2.34. The molecular weight excluding hydrogens is 208 g/mol. The number of nitrogens with zero attached hydrogens (tertiary/aromatic N) is 1. The van der Waals surface area contributed by atoms with Crippen molar-refractivity contribution < 1.29 is 0 Å². The largest absolute Gasteiger partial charge is 0.314 e. The molecule has 0 aromatic rings. The molecule has 0 aromatic heterocycles. The zero-order valence-corrected chi connectivity index (χ0v) is 12.3. The molecule has 0 heterocycles. The Morgan fingerprint density at radius 3 is 2.47 bits per heavy atom. The van der Waals surface area contributed by atoms with E-state index < -0.39 is 0 Å². The molecule has 1 N–H and O–H groups in total. The Balaban J connectivity index is 2.13. The Morgan fingerprint density at radius 1 is 1.24 bits per heavy atom. The van der Waals surface area contributed by atoms with Crippen molar-refractivity contribution in [2.75, 3.05) is 20.1 Å². The fraction of sp³-hybridized carbons (Fsp3) is 1.00. The van der Waals surface area contributed by atoms with Crippen LogP contribution in [0, 0.1) is 5.92 Å². The van der Waals surface area contributed by atoms with Crippen LogP contribution < -0.4 is 5.32 Å². The SMILES string of the molecule is CCCNC(C)CCN(C)C1CCC(C)CC1. The van der Waals surface area contributed by atoms with E-state index in [2.05, 4.69) is 38.0 Å². The minimum absolute atomic E-state index is 0.667. The zero-order chi connectivity index (χ0) is 12.7. The van der Waals surface area contributed by atoms with Gasteiger partial charge in [0.2, 0.25) is 0 Å². The van der Waals surface area contributed by atoms with Crippen LogP contribution in [-0.2, 0) is 0 Å². The molecule has 1 rings (SSSR count). The van der Waals surface area contributed by atoms with Gasteiger partial charge in [0.25, 0.3) is 0 Å². The first-order chi connectivity index (χ1) is 8.13. The van der Waals surface area contributed by atoms with Crippen molar-refractivity contribution in [1.82, 2.24) is 10.2 Å². The third-order valence-corrected chi connectivity index (χ3v) is 4.27. The van der Waals surface area contributed by atoms with E-state index in [1.165, 1.54) is 45.1 Å². The summed E-state index contributed by atoms with van der Waals surface area (Å²) < 4.78 is 0. The van der Waals surface area contributed by atoms with Crippen LogP contribution in [0.3, 0.4) is 0 Å². The van der Waals surface area contributed by atoms with Crippen LogP contribution in [-0.4, -0.2) is 37.1 Å². The first-order valence-corrected chi connectivity index (χ1v) is 7.57. The maximum absolute atomic E-state index is 3.57. The smallest absolute Gasteiger partial charge is 0.00924 e. The van der Waals surface area contributed by atoms with Gasteiger partial charge in [-0.1, -0.05) is 13.8 Å². The molecule has 1 aliphatic carbocycles. The lowest BCUT2D eigenvalue weighted by Crippen LogP contribution is -2.38. The van der Waals surface area contributed by atoms with Crippen molar-refractivity contribution in [2.45, 2.75) is 71.4 Å². The van der Waals surface area contributed by atoms with Crippen LogP contribution in [0.4, 0.5) is 0 Å². The van der Waals surface area contributed by atoms with Gasteiger partial charge >= 0.3 is 0 Å². The van der Waals surface area contributed by atoms with Gasteiger partial charge in [-0.3, -0.25) is 0 Å². The lowest BCUT2D eigenvalue weighted by Gasteiger charge is -2.34. The monoisotopic (exact) mass is 240 g/mol. The maximum atomic E-state index is 3.57. The van der Waals surface area contributed by atoms with E-state index in [1.807, 2.05) is 0 Å². The average molecular weight is 240 g/mol. The molecule has 2 nitrogen and oxygen atoms in total. The molecule has 1 atom stereocenters. The molecule has 0 saturated heterocycles. The Hall–Kier alpha value is -0.0800. The predicted molar refractivity (Wildman–Crippen MR) is 76.4 cm³/mol. The third-order valence-electron chi connectivity index (χ3n) is 4.27. The minimum Gasteiger partial charge on any atom is -0.314 e. The lowest BCUT2D eigenvalue weighted by molar-refractivity contribution is 0.165. The Kier molecular flexibility index (Phi) is 7.14. The van der Waals surface area contributed by atoms with Gasteiger partial charge in [0.15, 0.2) is 0 Å². The van der Waals surface area contributed by atoms with E-state index in [1.54, 1.807) is 0 Å². The number of hydrogen-bond donors (Lipinski definition) is 1. The molecule has 0 bridgehead atoms. The quantitative estimate of drug-likeness (QED) is 0.735. The summed E-state index contributed by atoms with van der Waals surface area (Å²) in [6.45, 7) is 9.34. The molecular formula is C15H32N2. The van der Waals surface area contributed by atoms with Crippen LogP contribution in [0.1, 0.15) is 59.3 Å². The molecule has 0 amide bonds. The zero-order valence-electron chi connectivity index (χ0n) is 12.3. The van der Waals surface area contributed by atoms with Gasteiger partial charge in [0.1, 0.15) is 0 Å². The van der Waals surface area contributed by atoms with Crippen molar-refractivity contribution in [3.63, 3.8) is 0 Å². The lowest BCUT2D eigenvalue weighted by atomic mass is 9.86. The van der Waals surface area contributed by atoms with Crippen LogP contribution in [0.5, 0.6) is 0 Å². The van der Waals surface area contributed by atoms with Gasteiger partial charge < -0.3 is 10.2 Å². The van der Waals surface area contributed by atoms with Crippen molar-refractivity contribution in [1.29, 1.82) is 0 Å². The predicted octanol–water partition coefficient (Wildman–Crippen LogP) is 3.28. The second-order valence-corrected chi connectivity index (χ2v) is 6.04. The molecule has 0 aromatic carbocycles. The highest BCUT2D eigenvalue weighted by Crippen LogP contribution is 2.26. The van der Waals surface area contributed by atoms with Gasteiger partial charge in [-0.15, -0.1) is 0 Å². The molecule has 1 unspecified atom stereocenters. The number of rotatable bonds is 7. The molecule has 1 aliphatic rings. The fourth-order valence-electron chi connectivity index (χ4n) is 2.76. The third kappa shape index (κ3) is 5.87. The van der Waals surface area contributed by atoms with E-state index >= 15 is 0 Å². The molecule has 102 valence electrons. The van der Waals surface area contributed by atoms with Crippen LogP contribution in [0.25, 0.3) is 0 Å². The molecule has 17 heavy (non-hydrogen) atoms. The van der Waals surface area contributed by atoms with Crippen LogP contribution in [0.15, 0.2) is 0 Å². The minimum atomic E-state index is 0.667. The number of hydrogen-bond acceptors (Lipinski definition) is 2. The van der Waals surface area contributed by atoms with Gasteiger partial charge in [0, 0.05) is 12.1 Å². The molecule has 0 aliphatic heterocycles. The summed E-state index contributed by atoms with van der Waals surface area (Å²) in [5.74, 6) is 0.963. The standard InChI is InChI=1S/C15H32N2/c1-5-11-16-14(3)10-12-17(4)15-8-6-13(2)7-9-15/h13-16H,5-12H2,1-4H3. The Morgan fingerprint density at radius 2 is 1.88 bits per heavy atom. The van der Waals surface area contributed by atoms with Crippen molar-refractivity contribution >= 4 is 0 Å². The molecule has 2 heteroatoms. The summed E-state index contributed by atoms with van der Waals surface area (Å²) in [5.41, 5.74) is 0. The van der Waals surface area contributed by atoms with E-state index in [0.717, 1.165) is 18.5 Å². The van der Waals surface area contributed by atoms with E-state index in [9.17, 15) is 0 Å². The number of nitrogens with one attached hydrogen (secondary N) is 1. The van der Waals surface area contributed by atoms with Crippen molar-refractivity contribution in [3.8, 4) is 0 Å². The summed E-state index contributed by atoms with van der Waals surface area (Å²) in [5, 5.41) is 3.57. The summed E-state index contributed by atoms with van der Waals surface area (Å²) in [7, 11) is 2.31. The van der Waals surface area contributed by atoms with Gasteiger partial charge in [0.05, 0.1) is 0 Å². The molecule has 0 radical (unpaired) electrons. The van der Waals surface area contributed by atoms with E-state index in [0.29, 0.717) is 6.04 Å². The summed E-state index contributed by atoms with van der Waals surface area (Å²) >= 11 is 0. The summed E-state index contributed by atoms with van der Waals surface area (Å²) in [4.78, 5) is 2.59. The Labute approximate surface area is 108 Å². The van der Waals surface area contributed by atoms with E-state index in [-0.39, 0.29) is 0 Å². The topological polar surface area (TPSA) is 15.3 Å². The summed E-state index contributed by atoms with van der Waals surface area (Å²) in [6.07, 6.45) is 8.20. The molecule has 1 saturated carbocycles. The fourth-order valence-corrected chi connectivity index (χ4v) is 2.76. The normalized spacial score (nSPS) is 27.4. The van der Waals surface area contributed by atoms with Crippen LogP contribution >= 0.6 is 0 Å². The first-order valence-electron chi connectivity index (χ1n) is 7.57. The van der Waals surface area contributed by atoms with Crippen molar-refractivity contribution in [2.24, 2.45) is 5.92 Å². The maximum Gasteiger partial charge on any atom is 0.00924 e. The second kappa shape index (κ2) is 8.10. The van der Waals surface area contributed by atoms with Crippen molar-refractivity contribution in [3.05, 3.63) is 0 Å². The highest BCUT2D eigenvalue weighted by Gasteiger charge is 2.21. The highest BCUT2D eigenvalue weighted by atomic mass is 15.1. The molecule has 1 fully saturated rings. The van der Waals surface area contributed by atoms with Gasteiger partial charge in [-0.2, -0.15) is 0 Å². The van der Waals surface area contributed by atoms with Gasteiger partial charge in [-0.25, -0.2) is 0 Å². The first kappa shape index (κ1) is 15.0. The Bertz CT molecular complexity index is 185.